The third-order valence-corrected chi connectivity index (χ3v) is 4.30. The lowest BCUT2D eigenvalue weighted by molar-refractivity contribution is 0.102. The molecule has 0 atom stereocenters. The molecule has 27 heavy (non-hydrogen) atoms. The topological polar surface area (TPSA) is 64.4 Å². The van der Waals surface area contributed by atoms with Crippen molar-refractivity contribution < 1.29 is 13.9 Å². The number of carbonyl (C=O) groups is 1. The molecule has 4 aromatic rings. The van der Waals surface area contributed by atoms with Crippen molar-refractivity contribution in [3.63, 3.8) is 0 Å². The maximum Gasteiger partial charge on any atom is 0.255 e. The van der Waals surface area contributed by atoms with Crippen molar-refractivity contribution in [2.75, 3.05) is 12.4 Å². The summed E-state index contributed by atoms with van der Waals surface area (Å²) in [6, 6.07) is 19.5. The molecule has 5 nitrogen and oxygen atoms in total. The first kappa shape index (κ1) is 17.1. The van der Waals surface area contributed by atoms with Gasteiger partial charge in [-0.2, -0.15) is 0 Å². The van der Waals surface area contributed by atoms with Crippen LogP contribution in [0.3, 0.4) is 0 Å². The fourth-order valence-corrected chi connectivity index (χ4v) is 2.87. The molecule has 4 rings (SSSR count). The van der Waals surface area contributed by atoms with E-state index < -0.39 is 0 Å². The summed E-state index contributed by atoms with van der Waals surface area (Å²) in [6.45, 7) is 0. The zero-order valence-electron chi connectivity index (χ0n) is 14.4. The van der Waals surface area contributed by atoms with Gasteiger partial charge in [0.05, 0.1) is 7.11 Å². The van der Waals surface area contributed by atoms with Crippen LogP contribution in [-0.2, 0) is 0 Å². The van der Waals surface area contributed by atoms with Crippen LogP contribution in [0.15, 0.2) is 71.1 Å². The van der Waals surface area contributed by atoms with Crippen LogP contribution in [0.4, 0.5) is 5.69 Å². The number of hydrogen-bond donors (Lipinski definition) is 1. The lowest BCUT2D eigenvalue weighted by Gasteiger charge is -2.07. The highest BCUT2D eigenvalue weighted by Gasteiger charge is 2.11. The van der Waals surface area contributed by atoms with E-state index in [-0.39, 0.29) is 5.91 Å². The van der Waals surface area contributed by atoms with Gasteiger partial charge >= 0.3 is 0 Å². The van der Waals surface area contributed by atoms with Crippen LogP contribution in [-0.4, -0.2) is 18.0 Å². The fraction of sp³-hybridized carbons (Fsp3) is 0.0476. The molecule has 0 aliphatic carbocycles. The van der Waals surface area contributed by atoms with E-state index in [4.69, 9.17) is 20.8 Å². The second-order valence-corrected chi connectivity index (χ2v) is 6.33. The molecule has 0 aliphatic heterocycles. The Morgan fingerprint density at radius 2 is 1.89 bits per heavy atom. The summed E-state index contributed by atoms with van der Waals surface area (Å²) >= 11 is 6.00. The molecule has 3 aromatic carbocycles. The van der Waals surface area contributed by atoms with E-state index in [1.165, 1.54) is 0 Å². The lowest BCUT2D eigenvalue weighted by atomic mass is 10.1. The van der Waals surface area contributed by atoms with Gasteiger partial charge in [-0.3, -0.25) is 4.79 Å². The first-order valence-electron chi connectivity index (χ1n) is 8.24. The van der Waals surface area contributed by atoms with E-state index in [1.54, 1.807) is 49.6 Å². The van der Waals surface area contributed by atoms with Crippen molar-refractivity contribution in [2.24, 2.45) is 0 Å². The molecule has 0 radical (unpaired) electrons. The molecular weight excluding hydrogens is 364 g/mol. The fourth-order valence-electron chi connectivity index (χ4n) is 2.70. The third-order valence-electron chi connectivity index (χ3n) is 4.07. The minimum absolute atomic E-state index is 0.209. The Hall–Kier alpha value is -3.31. The van der Waals surface area contributed by atoms with Crippen molar-refractivity contribution in [3.05, 3.63) is 77.3 Å². The Morgan fingerprint density at radius 1 is 1.07 bits per heavy atom. The standard InChI is InChI=1S/C21H15ClN2O3/c1-26-17-8-5-13(6-9-17)20(25)23-16-4-2-3-14(11-16)21-24-18-12-15(22)7-10-19(18)27-21/h2-12H,1H3,(H,23,25). The van der Waals surface area contributed by atoms with Crippen molar-refractivity contribution in [2.45, 2.75) is 0 Å². The molecule has 0 spiro atoms. The number of ether oxygens (including phenoxy) is 1. The van der Waals surface area contributed by atoms with E-state index in [0.717, 1.165) is 5.56 Å². The van der Waals surface area contributed by atoms with Crippen molar-refractivity contribution in [1.29, 1.82) is 0 Å². The molecule has 1 amide bonds. The van der Waals surface area contributed by atoms with Crippen LogP contribution in [0.25, 0.3) is 22.6 Å². The maximum absolute atomic E-state index is 12.4. The highest BCUT2D eigenvalue weighted by atomic mass is 35.5. The summed E-state index contributed by atoms with van der Waals surface area (Å²) in [5.74, 6) is 0.955. The Kier molecular flexibility index (Phi) is 4.52. The van der Waals surface area contributed by atoms with Gasteiger partial charge < -0.3 is 14.5 Å². The van der Waals surface area contributed by atoms with Crippen LogP contribution in [0.2, 0.25) is 5.02 Å². The molecule has 1 heterocycles. The van der Waals surface area contributed by atoms with Gasteiger partial charge in [-0.1, -0.05) is 17.7 Å². The van der Waals surface area contributed by atoms with Crippen LogP contribution < -0.4 is 10.1 Å². The molecule has 0 bridgehead atoms. The normalized spacial score (nSPS) is 10.7. The number of oxazole rings is 1. The molecule has 0 aliphatic rings. The first-order valence-corrected chi connectivity index (χ1v) is 8.62. The second-order valence-electron chi connectivity index (χ2n) is 5.89. The van der Waals surface area contributed by atoms with E-state index in [2.05, 4.69) is 10.3 Å². The predicted molar refractivity (Wildman–Crippen MR) is 105 cm³/mol. The van der Waals surface area contributed by atoms with Gasteiger partial charge in [-0.15, -0.1) is 0 Å². The summed E-state index contributed by atoms with van der Waals surface area (Å²) in [4.78, 5) is 16.9. The number of fused-ring (bicyclic) bond motifs is 1. The van der Waals surface area contributed by atoms with E-state index in [9.17, 15) is 4.79 Å². The molecule has 0 saturated carbocycles. The van der Waals surface area contributed by atoms with E-state index in [0.29, 0.717) is 39.0 Å². The second kappa shape index (κ2) is 7.13. The number of nitrogens with zero attached hydrogens (tertiary/aromatic N) is 1. The third kappa shape index (κ3) is 3.64. The summed E-state index contributed by atoms with van der Waals surface area (Å²) in [5.41, 5.74) is 3.29. The average Bonchev–Trinajstić information content (AvgIpc) is 3.11. The van der Waals surface area contributed by atoms with Gasteiger partial charge in [-0.25, -0.2) is 4.98 Å². The summed E-state index contributed by atoms with van der Waals surface area (Å²) in [7, 11) is 1.58. The number of carbonyl (C=O) groups excluding carboxylic acids is 1. The predicted octanol–water partition coefficient (Wildman–Crippen LogP) is 5.41. The number of nitrogens with one attached hydrogen (secondary N) is 1. The number of aromatic nitrogens is 1. The van der Waals surface area contributed by atoms with Crippen molar-refractivity contribution in [3.8, 4) is 17.2 Å². The largest absolute Gasteiger partial charge is 0.497 e. The maximum atomic E-state index is 12.4. The molecule has 0 saturated heterocycles. The monoisotopic (exact) mass is 378 g/mol. The van der Waals surface area contributed by atoms with Gasteiger partial charge in [0.15, 0.2) is 5.58 Å². The summed E-state index contributed by atoms with van der Waals surface area (Å²) in [6.07, 6.45) is 0. The van der Waals surface area contributed by atoms with Gasteiger partial charge in [0.1, 0.15) is 11.3 Å². The molecule has 0 fully saturated rings. The van der Waals surface area contributed by atoms with Crippen LogP contribution in [0.1, 0.15) is 10.4 Å². The quantitative estimate of drug-likeness (QED) is 0.515. The highest BCUT2D eigenvalue weighted by molar-refractivity contribution is 6.31. The SMILES string of the molecule is COc1ccc(C(=O)Nc2cccc(-c3nc4cc(Cl)ccc4o3)c2)cc1. The Bertz CT molecular complexity index is 1120. The minimum Gasteiger partial charge on any atom is -0.497 e. The number of benzene rings is 3. The Morgan fingerprint density at radius 3 is 2.67 bits per heavy atom. The van der Waals surface area contributed by atoms with Gasteiger partial charge in [0.25, 0.3) is 5.91 Å². The van der Waals surface area contributed by atoms with E-state index >= 15 is 0 Å². The van der Waals surface area contributed by atoms with Gasteiger partial charge in [0, 0.05) is 21.8 Å². The molecule has 1 aromatic heterocycles. The smallest absolute Gasteiger partial charge is 0.255 e. The molecule has 1 N–H and O–H groups in total. The number of methoxy groups -OCH3 is 1. The zero-order chi connectivity index (χ0) is 18.8. The number of halogens is 1. The minimum atomic E-state index is -0.209. The van der Waals surface area contributed by atoms with Crippen LogP contribution >= 0.6 is 11.6 Å². The zero-order valence-corrected chi connectivity index (χ0v) is 15.2. The number of rotatable bonds is 4. The van der Waals surface area contributed by atoms with E-state index in [1.807, 2.05) is 24.3 Å². The molecule has 134 valence electrons. The molecule has 6 heteroatoms. The highest BCUT2D eigenvalue weighted by Crippen LogP contribution is 2.28. The number of hydrogen-bond acceptors (Lipinski definition) is 4. The lowest BCUT2D eigenvalue weighted by Crippen LogP contribution is -2.11. The molecular formula is C21H15ClN2O3. The summed E-state index contributed by atoms with van der Waals surface area (Å²) in [5, 5.41) is 3.48. The Balaban J connectivity index is 1.58. The van der Waals surface area contributed by atoms with Gasteiger partial charge in [-0.05, 0) is 60.7 Å². The number of anilines is 1. The van der Waals surface area contributed by atoms with Crippen molar-refractivity contribution >= 4 is 34.3 Å². The molecule has 0 unspecified atom stereocenters. The Labute approximate surface area is 160 Å². The number of amides is 1. The van der Waals surface area contributed by atoms with Gasteiger partial charge in [0.2, 0.25) is 5.89 Å². The summed E-state index contributed by atoms with van der Waals surface area (Å²) < 4.78 is 10.9. The van der Waals surface area contributed by atoms with Crippen LogP contribution in [0.5, 0.6) is 5.75 Å². The first-order chi connectivity index (χ1) is 13.1. The van der Waals surface area contributed by atoms with Crippen LogP contribution in [0, 0.1) is 0 Å². The average molecular weight is 379 g/mol. The van der Waals surface area contributed by atoms with Crippen molar-refractivity contribution in [1.82, 2.24) is 4.98 Å².